The van der Waals surface area contributed by atoms with Crippen LogP contribution in [0.15, 0.2) is 0 Å². The van der Waals surface area contributed by atoms with Gasteiger partial charge in [0.25, 0.3) is 0 Å². The summed E-state index contributed by atoms with van der Waals surface area (Å²) in [5.74, 6) is 0. The van der Waals surface area contributed by atoms with Gasteiger partial charge in [-0.1, -0.05) is 0 Å². The molecule has 1 unspecified atom stereocenters. The van der Waals surface area contributed by atoms with Gasteiger partial charge in [-0.25, -0.2) is 14.4 Å². The average Bonchev–Trinajstić information content (AvgIpc) is 2.18. The number of carbonyl (C=O) groups excluding carboxylic acids is 3. The van der Waals surface area contributed by atoms with E-state index in [4.69, 9.17) is 20.1 Å². The minimum Gasteiger partial charge on any atom is -0.220 e. The molecule has 0 fully saturated rings. The van der Waals surface area contributed by atoms with E-state index in [1.54, 1.807) is 22.5 Å². The largest absolute Gasteiger partial charge is 0.220 e. The van der Waals surface area contributed by atoms with Crippen molar-refractivity contribution in [1.29, 1.82) is 0 Å². The Bertz CT molecular complexity index is 190. The normalized spacial score (nSPS) is 7.69. The molecule has 0 bridgehead atoms. The van der Waals surface area contributed by atoms with Gasteiger partial charge in [-0.3, -0.25) is 0 Å². The van der Waals surface area contributed by atoms with Crippen LogP contribution >= 0.6 is 36.7 Å². The van der Waals surface area contributed by atoms with Crippen LogP contribution in [0, 0.1) is 0 Å². The van der Waals surface area contributed by atoms with Crippen LogP contribution in [0.3, 0.4) is 0 Å². The van der Waals surface area contributed by atoms with Crippen LogP contribution in [0.5, 0.6) is 0 Å². The van der Waals surface area contributed by atoms with Crippen molar-refractivity contribution in [3.05, 3.63) is 0 Å². The van der Waals surface area contributed by atoms with Gasteiger partial charge in [-0.2, -0.15) is 0 Å². The summed E-state index contributed by atoms with van der Waals surface area (Å²) in [4.78, 5) is 25.5. The van der Waals surface area contributed by atoms with Crippen molar-refractivity contribution in [2.24, 2.45) is 5.73 Å². The topological polar surface area (TPSA) is 77.2 Å². The zero-order valence-electron chi connectivity index (χ0n) is 8.73. The molecular weight excluding hydrogens is 373 g/mol. The van der Waals surface area contributed by atoms with E-state index in [0.717, 1.165) is 15.7 Å². The third-order valence-corrected chi connectivity index (χ3v) is 1.85. The van der Waals surface area contributed by atoms with Crippen molar-refractivity contribution < 1.29 is 14.4 Å². The Morgan fingerprint density at radius 3 is 1.44 bits per heavy atom. The Morgan fingerprint density at radius 1 is 1.12 bits per heavy atom. The van der Waals surface area contributed by atoms with E-state index >= 15 is 0 Å². The summed E-state index contributed by atoms with van der Waals surface area (Å²) in [6, 6.07) is 0.417. The molecule has 0 aromatic carbocycles. The van der Waals surface area contributed by atoms with Gasteiger partial charge >= 0.3 is 58.5 Å². The minimum absolute atomic E-state index is 0.417. The van der Waals surface area contributed by atoms with Gasteiger partial charge in [-0.05, 0) is 0 Å². The van der Waals surface area contributed by atoms with Gasteiger partial charge in [0, 0.05) is 36.7 Å². The van der Waals surface area contributed by atoms with E-state index in [2.05, 4.69) is 43.6 Å². The number of hydrogen-bond donors (Lipinski definition) is 1. The predicted octanol–water partition coefficient (Wildman–Crippen LogP) is 1.45. The first-order valence-electron chi connectivity index (χ1n) is 3.90. The fourth-order valence-electron chi connectivity index (χ4n) is 0.424. The van der Waals surface area contributed by atoms with E-state index in [9.17, 15) is 0 Å². The molecule has 89 valence electrons. The maximum atomic E-state index is 8.50. The standard InChI is InChI=1S/C5H12N.3COS.Sn/c1-3-4-5(2)6;3*2-1-3;/h5H,1,3-4,6H2,2H3;;;;. The van der Waals surface area contributed by atoms with Crippen LogP contribution in [0.2, 0.25) is 4.44 Å². The summed E-state index contributed by atoms with van der Waals surface area (Å²) in [6.07, 6.45) is 2.52. The van der Waals surface area contributed by atoms with Crippen molar-refractivity contribution in [3.8, 4) is 0 Å². The van der Waals surface area contributed by atoms with Crippen LogP contribution in [-0.4, -0.2) is 44.3 Å². The summed E-state index contributed by atoms with van der Waals surface area (Å²) in [7, 11) is 0. The van der Waals surface area contributed by atoms with Gasteiger partial charge in [-0.15, -0.1) is 0 Å². The van der Waals surface area contributed by atoms with E-state index in [1.807, 2.05) is 0 Å². The molecule has 0 spiro atoms. The number of thiocarbonyl (C=S) groups is 3. The molecule has 0 saturated heterocycles. The zero-order valence-corrected chi connectivity index (χ0v) is 14.0. The second kappa shape index (κ2) is 36.2. The number of rotatable bonds is 3. The van der Waals surface area contributed by atoms with Crippen LogP contribution in [0.25, 0.3) is 0 Å². The second-order valence-corrected chi connectivity index (χ2v) is 4.05. The summed E-state index contributed by atoms with van der Waals surface area (Å²) in [5, 5.41) is 3.25. The van der Waals surface area contributed by atoms with Crippen LogP contribution in [0.1, 0.15) is 19.8 Å². The molecular formula is C8H12NO3S3Sn. The Morgan fingerprint density at radius 2 is 1.38 bits per heavy atom. The average molecular weight is 385 g/mol. The molecule has 0 aromatic heterocycles. The third kappa shape index (κ3) is 142. The molecule has 8 heteroatoms. The molecule has 0 aliphatic rings. The molecule has 1 atom stereocenters. The van der Waals surface area contributed by atoms with Gasteiger partial charge in [0.2, 0.25) is 15.7 Å². The fraction of sp³-hybridized carbons (Fsp3) is 0.625. The number of hydrogen-bond acceptors (Lipinski definition) is 7. The molecule has 3 radical (unpaired) electrons. The smallest absolute Gasteiger partial charge is 0.202 e. The molecule has 4 nitrogen and oxygen atoms in total. The molecule has 0 amide bonds. The summed E-state index contributed by atoms with van der Waals surface area (Å²) >= 11 is 12.4. The molecule has 0 rings (SSSR count). The minimum atomic E-state index is 0.417. The molecule has 0 aliphatic heterocycles. The summed E-state index contributed by atoms with van der Waals surface area (Å²) in [6.45, 7) is 2.06. The molecule has 0 saturated carbocycles. The SMILES string of the molecule is CC(N)CC[CH2][Sn].O=C=S.O=C=S.O=C=S. The second-order valence-electron chi connectivity index (χ2n) is 2.12. The van der Waals surface area contributed by atoms with E-state index < -0.39 is 0 Å². The van der Waals surface area contributed by atoms with E-state index in [-0.39, 0.29) is 0 Å². The van der Waals surface area contributed by atoms with Crippen molar-refractivity contribution in [2.45, 2.75) is 30.2 Å². The first-order valence-corrected chi connectivity index (χ1v) is 7.14. The van der Waals surface area contributed by atoms with Crippen molar-refractivity contribution in [3.63, 3.8) is 0 Å². The van der Waals surface area contributed by atoms with Gasteiger partial charge in [0.1, 0.15) is 0 Å². The van der Waals surface area contributed by atoms with Gasteiger partial charge in [0.05, 0.1) is 0 Å². The van der Waals surface area contributed by atoms with E-state index in [1.165, 1.54) is 17.3 Å². The molecule has 0 heterocycles. The molecule has 16 heavy (non-hydrogen) atoms. The maximum Gasteiger partial charge on any atom is 0.202 e. The summed E-state index contributed by atoms with van der Waals surface area (Å²) in [5.41, 5.74) is 5.49. The Kier molecular flexibility index (Phi) is 56.9. The maximum absolute atomic E-state index is 8.50. The first kappa shape index (κ1) is 25.1. The van der Waals surface area contributed by atoms with Crippen LogP contribution in [-0.2, 0) is 14.4 Å². The van der Waals surface area contributed by atoms with Crippen LogP contribution < -0.4 is 5.73 Å². The Balaban J connectivity index is -0.0000000677. The quantitative estimate of drug-likeness (QED) is 0.582. The monoisotopic (exact) mass is 386 g/mol. The molecule has 0 aliphatic carbocycles. The zero-order chi connectivity index (χ0) is 13.8. The van der Waals surface area contributed by atoms with Crippen molar-refractivity contribution >= 4 is 74.9 Å². The molecule has 2 N–H and O–H groups in total. The van der Waals surface area contributed by atoms with Crippen molar-refractivity contribution in [1.82, 2.24) is 0 Å². The third-order valence-electron chi connectivity index (χ3n) is 0.836. The predicted molar refractivity (Wildman–Crippen MR) is 73.3 cm³/mol. The Labute approximate surface area is 124 Å². The van der Waals surface area contributed by atoms with Gasteiger partial charge < -0.3 is 0 Å². The van der Waals surface area contributed by atoms with Gasteiger partial charge in [0.15, 0.2) is 0 Å². The van der Waals surface area contributed by atoms with E-state index in [0.29, 0.717) is 6.04 Å². The summed E-state index contributed by atoms with van der Waals surface area (Å²) < 4.78 is 1.36. The molecule has 0 aromatic rings. The van der Waals surface area contributed by atoms with Crippen molar-refractivity contribution in [2.75, 3.05) is 0 Å². The first-order chi connectivity index (χ1) is 7.51. The van der Waals surface area contributed by atoms with Crippen LogP contribution in [0.4, 0.5) is 0 Å². The fourth-order valence-corrected chi connectivity index (χ4v) is 1.01. The Hall–Kier alpha value is 0.159. The number of nitrogens with two attached hydrogens (primary N) is 1.